The van der Waals surface area contributed by atoms with Gasteiger partial charge in [-0.25, -0.2) is 0 Å². The summed E-state index contributed by atoms with van der Waals surface area (Å²) in [6.07, 6.45) is 2.19. The Kier molecular flexibility index (Phi) is 6.00. The van der Waals surface area contributed by atoms with Crippen LogP contribution in [0.25, 0.3) is 11.3 Å². The number of rotatable bonds is 5. The van der Waals surface area contributed by atoms with Crippen molar-refractivity contribution in [2.75, 3.05) is 26.2 Å². The van der Waals surface area contributed by atoms with E-state index in [1.165, 1.54) is 22.3 Å². The summed E-state index contributed by atoms with van der Waals surface area (Å²) in [6, 6.07) is 17.2. The van der Waals surface area contributed by atoms with E-state index in [4.69, 9.17) is 5.10 Å². The molecule has 1 saturated heterocycles. The van der Waals surface area contributed by atoms with E-state index in [2.05, 4.69) is 78.2 Å². The summed E-state index contributed by atoms with van der Waals surface area (Å²) in [5.41, 5.74) is 7.21. The van der Waals surface area contributed by atoms with Crippen molar-refractivity contribution in [1.29, 1.82) is 0 Å². The summed E-state index contributed by atoms with van der Waals surface area (Å²) in [6.45, 7) is 10.9. The summed E-state index contributed by atoms with van der Waals surface area (Å²) in [5.74, 6) is 0.168. The zero-order valence-corrected chi connectivity index (χ0v) is 18.1. The van der Waals surface area contributed by atoms with Crippen LogP contribution in [0.5, 0.6) is 0 Å². The maximum Gasteiger partial charge on any atom is 0.219 e. The highest BCUT2D eigenvalue weighted by Gasteiger charge is 2.21. The van der Waals surface area contributed by atoms with Crippen molar-refractivity contribution in [3.8, 4) is 11.3 Å². The molecule has 1 aromatic heterocycles. The van der Waals surface area contributed by atoms with Crippen LogP contribution in [0.4, 0.5) is 0 Å². The van der Waals surface area contributed by atoms with Crippen LogP contribution in [0.2, 0.25) is 0 Å². The van der Waals surface area contributed by atoms with Gasteiger partial charge in [0.15, 0.2) is 0 Å². The number of piperazine rings is 1. The molecule has 0 radical (unpaired) electrons. The molecule has 0 spiro atoms. The molecule has 0 atom stereocenters. The van der Waals surface area contributed by atoms with E-state index in [0.717, 1.165) is 50.5 Å². The van der Waals surface area contributed by atoms with Gasteiger partial charge in [-0.2, -0.15) is 5.10 Å². The Morgan fingerprint density at radius 2 is 1.47 bits per heavy atom. The van der Waals surface area contributed by atoms with E-state index in [9.17, 15) is 4.79 Å². The first kappa shape index (κ1) is 20.4. The summed E-state index contributed by atoms with van der Waals surface area (Å²) in [5, 5.41) is 4.96. The Bertz CT molecular complexity index is 997. The standard InChI is InChI=1S/C25H30N4O/c1-19-4-8-22(9-5-19)16-29-18-24(17-27-12-14-28(15-13-27)21(3)30)25(26-29)23-10-6-20(2)7-11-23/h4-11,18H,12-17H2,1-3H3. The van der Waals surface area contributed by atoms with Crippen molar-refractivity contribution < 1.29 is 4.79 Å². The minimum absolute atomic E-state index is 0.168. The lowest BCUT2D eigenvalue weighted by Crippen LogP contribution is -2.47. The molecule has 2 heterocycles. The third-order valence-corrected chi connectivity index (χ3v) is 5.84. The molecule has 1 fully saturated rings. The highest BCUT2D eigenvalue weighted by Crippen LogP contribution is 2.25. The van der Waals surface area contributed by atoms with Gasteiger partial charge in [0.25, 0.3) is 0 Å². The van der Waals surface area contributed by atoms with E-state index < -0.39 is 0 Å². The number of hydrogen-bond acceptors (Lipinski definition) is 3. The molecule has 0 N–H and O–H groups in total. The minimum Gasteiger partial charge on any atom is -0.340 e. The van der Waals surface area contributed by atoms with Gasteiger partial charge in [0, 0.05) is 57.0 Å². The van der Waals surface area contributed by atoms with Crippen molar-refractivity contribution in [2.24, 2.45) is 0 Å². The zero-order valence-electron chi connectivity index (χ0n) is 18.1. The Morgan fingerprint density at radius 1 is 0.867 bits per heavy atom. The molecule has 5 heteroatoms. The van der Waals surface area contributed by atoms with Gasteiger partial charge in [0.2, 0.25) is 5.91 Å². The van der Waals surface area contributed by atoms with Gasteiger partial charge in [0.05, 0.1) is 12.2 Å². The van der Waals surface area contributed by atoms with Gasteiger partial charge in [-0.05, 0) is 19.4 Å². The van der Waals surface area contributed by atoms with E-state index in [0.29, 0.717) is 0 Å². The smallest absolute Gasteiger partial charge is 0.219 e. The van der Waals surface area contributed by atoms with Crippen LogP contribution >= 0.6 is 0 Å². The fourth-order valence-corrected chi connectivity index (χ4v) is 3.96. The number of aryl methyl sites for hydroxylation is 2. The SMILES string of the molecule is CC(=O)N1CCN(Cc2cn(Cc3ccc(C)cc3)nc2-c2ccc(C)cc2)CC1. The number of aromatic nitrogens is 2. The average molecular weight is 403 g/mol. The quantitative estimate of drug-likeness (QED) is 0.650. The number of benzene rings is 2. The zero-order chi connectivity index (χ0) is 21.1. The van der Waals surface area contributed by atoms with Crippen molar-refractivity contribution in [3.05, 3.63) is 77.0 Å². The lowest BCUT2D eigenvalue weighted by molar-refractivity contribution is -0.130. The molecule has 4 rings (SSSR count). The molecule has 2 aromatic carbocycles. The number of hydrogen-bond donors (Lipinski definition) is 0. The van der Waals surface area contributed by atoms with Crippen LogP contribution in [-0.4, -0.2) is 51.7 Å². The maximum absolute atomic E-state index is 11.6. The summed E-state index contributed by atoms with van der Waals surface area (Å²) in [7, 11) is 0. The topological polar surface area (TPSA) is 41.4 Å². The van der Waals surface area contributed by atoms with E-state index in [1.807, 2.05) is 4.90 Å². The fraction of sp³-hybridized carbons (Fsp3) is 0.360. The second-order valence-electron chi connectivity index (χ2n) is 8.33. The van der Waals surface area contributed by atoms with E-state index in [-0.39, 0.29) is 5.91 Å². The number of amides is 1. The largest absolute Gasteiger partial charge is 0.340 e. The Labute approximate surface area is 178 Å². The summed E-state index contributed by atoms with van der Waals surface area (Å²) < 4.78 is 2.06. The monoisotopic (exact) mass is 402 g/mol. The van der Waals surface area contributed by atoms with Crippen LogP contribution in [-0.2, 0) is 17.9 Å². The summed E-state index contributed by atoms with van der Waals surface area (Å²) in [4.78, 5) is 16.0. The Balaban J connectivity index is 1.57. The predicted molar refractivity (Wildman–Crippen MR) is 120 cm³/mol. The van der Waals surface area contributed by atoms with Crippen LogP contribution in [0, 0.1) is 13.8 Å². The third kappa shape index (κ3) is 4.79. The lowest BCUT2D eigenvalue weighted by Gasteiger charge is -2.34. The van der Waals surface area contributed by atoms with Gasteiger partial charge in [0.1, 0.15) is 0 Å². The van der Waals surface area contributed by atoms with E-state index in [1.54, 1.807) is 6.92 Å². The van der Waals surface area contributed by atoms with Crippen LogP contribution in [0.15, 0.2) is 54.7 Å². The second kappa shape index (κ2) is 8.84. The normalized spacial score (nSPS) is 14.8. The average Bonchev–Trinajstić information content (AvgIpc) is 3.13. The van der Waals surface area contributed by atoms with Crippen LogP contribution < -0.4 is 0 Å². The molecule has 1 amide bonds. The first-order valence-electron chi connectivity index (χ1n) is 10.6. The van der Waals surface area contributed by atoms with Gasteiger partial charge in [-0.15, -0.1) is 0 Å². The number of carbonyl (C=O) groups excluding carboxylic acids is 1. The second-order valence-corrected chi connectivity index (χ2v) is 8.33. The molecule has 5 nitrogen and oxygen atoms in total. The molecule has 0 unspecified atom stereocenters. The molecular weight excluding hydrogens is 372 g/mol. The fourth-order valence-electron chi connectivity index (χ4n) is 3.96. The minimum atomic E-state index is 0.168. The van der Waals surface area contributed by atoms with Crippen molar-refractivity contribution >= 4 is 5.91 Å². The summed E-state index contributed by atoms with van der Waals surface area (Å²) >= 11 is 0. The van der Waals surface area contributed by atoms with Crippen molar-refractivity contribution in [3.63, 3.8) is 0 Å². The van der Waals surface area contributed by atoms with Gasteiger partial charge in [-0.1, -0.05) is 59.7 Å². The highest BCUT2D eigenvalue weighted by molar-refractivity contribution is 5.73. The van der Waals surface area contributed by atoms with Crippen molar-refractivity contribution in [1.82, 2.24) is 19.6 Å². The maximum atomic E-state index is 11.6. The van der Waals surface area contributed by atoms with Gasteiger partial charge >= 0.3 is 0 Å². The Morgan fingerprint density at radius 3 is 2.07 bits per heavy atom. The Hall–Kier alpha value is -2.92. The van der Waals surface area contributed by atoms with Crippen LogP contribution in [0.1, 0.15) is 29.2 Å². The van der Waals surface area contributed by atoms with Crippen LogP contribution in [0.3, 0.4) is 0 Å². The predicted octanol–water partition coefficient (Wildman–Crippen LogP) is 3.88. The number of nitrogens with zero attached hydrogens (tertiary/aromatic N) is 4. The van der Waals surface area contributed by atoms with Crippen molar-refractivity contribution in [2.45, 2.75) is 33.9 Å². The van der Waals surface area contributed by atoms with E-state index >= 15 is 0 Å². The van der Waals surface area contributed by atoms with Gasteiger partial charge in [-0.3, -0.25) is 14.4 Å². The molecule has 0 saturated carbocycles. The third-order valence-electron chi connectivity index (χ3n) is 5.84. The number of carbonyl (C=O) groups is 1. The highest BCUT2D eigenvalue weighted by atomic mass is 16.2. The molecule has 30 heavy (non-hydrogen) atoms. The molecular formula is C25H30N4O. The molecule has 0 aliphatic carbocycles. The molecule has 156 valence electrons. The molecule has 1 aliphatic heterocycles. The first-order valence-corrected chi connectivity index (χ1v) is 10.6. The molecule has 1 aliphatic rings. The molecule has 3 aromatic rings. The molecule has 0 bridgehead atoms. The first-order chi connectivity index (χ1) is 14.5. The lowest BCUT2D eigenvalue weighted by atomic mass is 10.1. The van der Waals surface area contributed by atoms with Gasteiger partial charge < -0.3 is 4.90 Å².